The van der Waals surface area contributed by atoms with Gasteiger partial charge in [0, 0.05) is 33.0 Å². The summed E-state index contributed by atoms with van der Waals surface area (Å²) in [6.45, 7) is 3.20. The van der Waals surface area contributed by atoms with Crippen LogP contribution in [0, 0.1) is 12.8 Å². The van der Waals surface area contributed by atoms with Crippen LogP contribution in [0.1, 0.15) is 30.1 Å². The van der Waals surface area contributed by atoms with E-state index in [0.717, 1.165) is 19.4 Å². The van der Waals surface area contributed by atoms with Crippen LogP contribution in [-0.4, -0.2) is 47.3 Å². The molecule has 1 aliphatic rings. The minimum Gasteiger partial charge on any atom is -0.379 e. The van der Waals surface area contributed by atoms with Gasteiger partial charge in [-0.2, -0.15) is 4.98 Å². The molecule has 0 unspecified atom stereocenters. The van der Waals surface area contributed by atoms with Crippen molar-refractivity contribution in [1.82, 2.24) is 15.0 Å². The average Bonchev–Trinajstić information content (AvgIpc) is 3.06. The lowest BCUT2D eigenvalue weighted by molar-refractivity contribution is -0.136. The Morgan fingerprint density at radius 1 is 1.36 bits per heavy atom. The summed E-state index contributed by atoms with van der Waals surface area (Å²) in [7, 11) is 1.73. The minimum absolute atomic E-state index is 0.0727. The first-order chi connectivity index (χ1) is 12.2. The molecule has 0 saturated carbocycles. The van der Waals surface area contributed by atoms with Crippen LogP contribution >= 0.6 is 0 Å². The van der Waals surface area contributed by atoms with E-state index in [4.69, 9.17) is 9.26 Å². The van der Waals surface area contributed by atoms with E-state index in [1.54, 1.807) is 14.0 Å². The van der Waals surface area contributed by atoms with Crippen LogP contribution in [0.15, 0.2) is 34.9 Å². The summed E-state index contributed by atoms with van der Waals surface area (Å²) < 4.78 is 10.8. The molecule has 0 bridgehead atoms. The predicted octanol–water partition coefficient (Wildman–Crippen LogP) is 2.42. The number of hydrogen-bond acceptors (Lipinski definition) is 5. The Hall–Kier alpha value is -2.21. The topological polar surface area (TPSA) is 68.5 Å². The fraction of sp³-hybridized carbons (Fsp3) is 0.526. The first-order valence-corrected chi connectivity index (χ1v) is 8.79. The lowest BCUT2D eigenvalue weighted by atomic mass is 9.87. The number of likely N-dealkylation sites (tertiary alicyclic amines) is 1. The van der Waals surface area contributed by atoms with Gasteiger partial charge in [-0.1, -0.05) is 35.5 Å². The number of rotatable bonds is 6. The molecule has 1 aromatic carbocycles. The number of piperidine rings is 1. The summed E-state index contributed by atoms with van der Waals surface area (Å²) in [5.41, 5.74) is 1.32. The molecule has 2 heterocycles. The maximum absolute atomic E-state index is 12.5. The first kappa shape index (κ1) is 17.6. The van der Waals surface area contributed by atoms with Gasteiger partial charge in [0.15, 0.2) is 5.82 Å². The zero-order valence-electron chi connectivity index (χ0n) is 14.9. The van der Waals surface area contributed by atoms with Crippen molar-refractivity contribution in [3.63, 3.8) is 0 Å². The normalized spacial score (nSPS) is 20.6. The van der Waals surface area contributed by atoms with Crippen LogP contribution in [0.2, 0.25) is 0 Å². The molecule has 1 saturated heterocycles. The number of benzene rings is 1. The van der Waals surface area contributed by atoms with Gasteiger partial charge in [-0.15, -0.1) is 0 Å². The van der Waals surface area contributed by atoms with E-state index in [1.165, 1.54) is 5.56 Å². The van der Waals surface area contributed by atoms with Crippen LogP contribution in [0.25, 0.3) is 0 Å². The number of carbonyl (C=O) groups excluding carboxylic acids is 1. The third kappa shape index (κ3) is 4.66. The van der Waals surface area contributed by atoms with Gasteiger partial charge in [-0.3, -0.25) is 4.79 Å². The van der Waals surface area contributed by atoms with Crippen LogP contribution in [0.3, 0.4) is 0 Å². The first-order valence-electron chi connectivity index (χ1n) is 8.79. The van der Waals surface area contributed by atoms with Crippen LogP contribution in [-0.2, 0) is 22.4 Å². The third-order valence-electron chi connectivity index (χ3n) is 4.81. The third-order valence-corrected chi connectivity index (χ3v) is 4.81. The summed E-state index contributed by atoms with van der Waals surface area (Å²) in [6, 6.07) is 10.5. The monoisotopic (exact) mass is 343 g/mol. The smallest absolute Gasteiger partial charge is 0.227 e. The Labute approximate surface area is 148 Å². The molecule has 134 valence electrons. The summed E-state index contributed by atoms with van der Waals surface area (Å²) in [4.78, 5) is 18.5. The molecule has 2 atom stereocenters. The van der Waals surface area contributed by atoms with Gasteiger partial charge in [0.2, 0.25) is 11.8 Å². The second-order valence-corrected chi connectivity index (χ2v) is 6.59. The minimum atomic E-state index is 0.0727. The number of ether oxygens (including phenoxy) is 1. The molecule has 0 N–H and O–H groups in total. The molecule has 1 amide bonds. The lowest BCUT2D eigenvalue weighted by Crippen LogP contribution is -2.48. The standard InChI is InChI=1S/C19H25N3O3/c1-14-20-18(25-21-14)8-9-19(23)22-11-10-16(17(13-22)24-2)12-15-6-4-3-5-7-15/h3-7,16-17H,8-13H2,1-2H3/t16-,17+/m1/s1. The number of aryl methyl sites for hydroxylation is 2. The maximum atomic E-state index is 12.5. The van der Waals surface area contributed by atoms with Crippen LogP contribution in [0.5, 0.6) is 0 Å². The number of aromatic nitrogens is 2. The number of amides is 1. The molecular weight excluding hydrogens is 318 g/mol. The Morgan fingerprint density at radius 3 is 2.84 bits per heavy atom. The van der Waals surface area contributed by atoms with Crippen molar-refractivity contribution in [2.24, 2.45) is 5.92 Å². The van der Waals surface area contributed by atoms with Crippen molar-refractivity contribution in [2.75, 3.05) is 20.2 Å². The Morgan fingerprint density at radius 2 is 2.16 bits per heavy atom. The molecule has 6 nitrogen and oxygen atoms in total. The number of methoxy groups -OCH3 is 1. The van der Waals surface area contributed by atoms with Crippen molar-refractivity contribution in [3.05, 3.63) is 47.6 Å². The van der Waals surface area contributed by atoms with Crippen molar-refractivity contribution in [1.29, 1.82) is 0 Å². The van der Waals surface area contributed by atoms with E-state index in [9.17, 15) is 4.79 Å². The average molecular weight is 343 g/mol. The molecule has 3 rings (SSSR count). The molecule has 1 aliphatic heterocycles. The van der Waals surface area contributed by atoms with Gasteiger partial charge in [-0.25, -0.2) is 0 Å². The van der Waals surface area contributed by atoms with E-state index in [2.05, 4.69) is 34.4 Å². The summed E-state index contributed by atoms with van der Waals surface area (Å²) in [6.07, 6.45) is 2.90. The number of hydrogen-bond donors (Lipinski definition) is 0. The number of nitrogens with zero attached hydrogens (tertiary/aromatic N) is 3. The van der Waals surface area contributed by atoms with E-state index in [-0.39, 0.29) is 12.0 Å². The maximum Gasteiger partial charge on any atom is 0.227 e. The highest BCUT2D eigenvalue weighted by Crippen LogP contribution is 2.24. The lowest BCUT2D eigenvalue weighted by Gasteiger charge is -2.38. The van der Waals surface area contributed by atoms with Gasteiger partial charge >= 0.3 is 0 Å². The molecule has 2 aromatic rings. The summed E-state index contributed by atoms with van der Waals surface area (Å²) >= 11 is 0. The zero-order chi connectivity index (χ0) is 17.6. The summed E-state index contributed by atoms with van der Waals surface area (Å²) in [5.74, 6) is 1.68. The molecule has 1 aromatic heterocycles. The van der Waals surface area contributed by atoms with E-state index in [1.807, 2.05) is 11.0 Å². The Kier molecular flexibility index (Phi) is 5.81. The van der Waals surface area contributed by atoms with Gasteiger partial charge in [-0.05, 0) is 31.2 Å². The van der Waals surface area contributed by atoms with Crippen molar-refractivity contribution >= 4 is 5.91 Å². The Balaban J connectivity index is 1.52. The van der Waals surface area contributed by atoms with E-state index < -0.39 is 0 Å². The van der Waals surface area contributed by atoms with E-state index >= 15 is 0 Å². The molecule has 25 heavy (non-hydrogen) atoms. The zero-order valence-corrected chi connectivity index (χ0v) is 14.9. The van der Waals surface area contributed by atoms with Crippen molar-refractivity contribution in [3.8, 4) is 0 Å². The van der Waals surface area contributed by atoms with Crippen LogP contribution in [0.4, 0.5) is 0 Å². The molecule has 6 heteroatoms. The molecule has 0 aliphatic carbocycles. The van der Waals surface area contributed by atoms with Gasteiger partial charge < -0.3 is 14.2 Å². The van der Waals surface area contributed by atoms with Gasteiger partial charge in [0.25, 0.3) is 0 Å². The molecule has 1 fully saturated rings. The highest BCUT2D eigenvalue weighted by molar-refractivity contribution is 5.76. The second-order valence-electron chi connectivity index (χ2n) is 6.59. The second kappa shape index (κ2) is 8.25. The largest absolute Gasteiger partial charge is 0.379 e. The number of carbonyl (C=O) groups is 1. The summed E-state index contributed by atoms with van der Waals surface area (Å²) in [5, 5.41) is 3.75. The fourth-order valence-electron chi connectivity index (χ4n) is 3.42. The highest BCUT2D eigenvalue weighted by Gasteiger charge is 2.31. The van der Waals surface area contributed by atoms with Gasteiger partial charge in [0.1, 0.15) is 0 Å². The van der Waals surface area contributed by atoms with Gasteiger partial charge in [0.05, 0.1) is 6.10 Å². The van der Waals surface area contributed by atoms with Crippen LogP contribution < -0.4 is 0 Å². The van der Waals surface area contributed by atoms with Crippen molar-refractivity contribution < 1.29 is 14.1 Å². The van der Waals surface area contributed by atoms with Crippen molar-refractivity contribution in [2.45, 2.75) is 38.7 Å². The molecule has 0 radical (unpaired) electrons. The highest BCUT2D eigenvalue weighted by atomic mass is 16.5. The fourth-order valence-corrected chi connectivity index (χ4v) is 3.42. The quantitative estimate of drug-likeness (QED) is 0.806. The Bertz CT molecular complexity index is 686. The predicted molar refractivity (Wildman–Crippen MR) is 93.0 cm³/mol. The SMILES string of the molecule is CO[C@H]1CN(C(=O)CCc2nc(C)no2)CC[C@@H]1Cc1ccccc1. The molecule has 0 spiro atoms. The molecular formula is C19H25N3O3. The van der Waals surface area contributed by atoms with E-state index in [0.29, 0.717) is 37.0 Å².